The van der Waals surface area contributed by atoms with Crippen LogP contribution < -0.4 is 0 Å². The zero-order valence-corrected chi connectivity index (χ0v) is 8.63. The third-order valence-corrected chi connectivity index (χ3v) is 2.21. The number of hydrogen-bond acceptors (Lipinski definition) is 1. The third-order valence-electron chi connectivity index (χ3n) is 2.00. The average Bonchev–Trinajstić information content (AvgIpc) is 2.22. The Morgan fingerprint density at radius 2 is 1.93 bits per heavy atom. The third kappa shape index (κ3) is 2.77. The van der Waals surface area contributed by atoms with Gasteiger partial charge in [0.25, 0.3) is 0 Å². The first kappa shape index (κ1) is 10.1. The number of nitrogens with zero attached hydrogens (tertiary/aromatic N) is 1. The molecule has 0 aliphatic heterocycles. The molecule has 1 radical (unpaired) electrons. The van der Waals surface area contributed by atoms with Gasteiger partial charge in [0, 0.05) is 12.5 Å². The quantitative estimate of drug-likeness (QED) is 0.708. The summed E-state index contributed by atoms with van der Waals surface area (Å²) in [5.41, 5.74) is 1.75. The summed E-state index contributed by atoms with van der Waals surface area (Å²) < 4.78 is 12.6. The van der Waals surface area contributed by atoms with Crippen molar-refractivity contribution < 1.29 is 4.39 Å². The molecule has 0 spiro atoms. The highest BCUT2D eigenvalue weighted by Crippen LogP contribution is 2.10. The molecule has 0 aliphatic rings. The van der Waals surface area contributed by atoms with Crippen molar-refractivity contribution in [1.29, 1.82) is 0 Å². The van der Waals surface area contributed by atoms with Crippen LogP contribution in [0.1, 0.15) is 11.3 Å². The second kappa shape index (κ2) is 4.41. The standard InChI is InChI=1S/C12H8ClFN/c13-12-3-1-2-11(15-12)8-9-4-6-10(14)7-5-9/h1,3-7H,8H2. The summed E-state index contributed by atoms with van der Waals surface area (Å²) in [6.45, 7) is 0. The normalized spacial score (nSPS) is 10.3. The zero-order valence-electron chi connectivity index (χ0n) is 7.87. The van der Waals surface area contributed by atoms with Crippen LogP contribution in [0.25, 0.3) is 0 Å². The van der Waals surface area contributed by atoms with E-state index < -0.39 is 0 Å². The van der Waals surface area contributed by atoms with Gasteiger partial charge in [-0.25, -0.2) is 9.37 Å². The van der Waals surface area contributed by atoms with E-state index in [1.165, 1.54) is 12.1 Å². The number of rotatable bonds is 2. The van der Waals surface area contributed by atoms with Gasteiger partial charge >= 0.3 is 0 Å². The van der Waals surface area contributed by atoms with Crippen molar-refractivity contribution in [2.75, 3.05) is 0 Å². The Kier molecular flexibility index (Phi) is 2.97. The predicted molar refractivity (Wildman–Crippen MR) is 57.3 cm³/mol. The summed E-state index contributed by atoms with van der Waals surface area (Å²) >= 11 is 5.75. The van der Waals surface area contributed by atoms with E-state index in [0.29, 0.717) is 11.6 Å². The highest BCUT2D eigenvalue weighted by atomic mass is 35.5. The van der Waals surface area contributed by atoms with E-state index in [2.05, 4.69) is 11.1 Å². The molecule has 3 heteroatoms. The minimum Gasteiger partial charge on any atom is -0.240 e. The zero-order chi connectivity index (χ0) is 10.7. The first-order chi connectivity index (χ1) is 7.24. The first-order valence-corrected chi connectivity index (χ1v) is 4.89. The Morgan fingerprint density at radius 3 is 2.60 bits per heavy atom. The van der Waals surface area contributed by atoms with Crippen LogP contribution >= 0.6 is 11.6 Å². The second-order valence-corrected chi connectivity index (χ2v) is 3.55. The van der Waals surface area contributed by atoms with Crippen LogP contribution in [-0.2, 0) is 6.42 Å². The molecule has 0 unspecified atom stereocenters. The Bertz CT molecular complexity index is 453. The molecule has 15 heavy (non-hydrogen) atoms. The van der Waals surface area contributed by atoms with Gasteiger partial charge in [-0.1, -0.05) is 23.7 Å². The lowest BCUT2D eigenvalue weighted by Crippen LogP contribution is -1.92. The molecule has 1 heterocycles. The van der Waals surface area contributed by atoms with Crippen LogP contribution in [0, 0.1) is 11.9 Å². The maximum absolute atomic E-state index is 12.6. The lowest BCUT2D eigenvalue weighted by molar-refractivity contribution is 0.627. The van der Waals surface area contributed by atoms with Gasteiger partial charge in [0.1, 0.15) is 11.0 Å². The molecule has 0 saturated heterocycles. The van der Waals surface area contributed by atoms with Crippen LogP contribution in [0.15, 0.2) is 36.4 Å². The maximum Gasteiger partial charge on any atom is 0.129 e. The molecular formula is C12H8ClFN. The second-order valence-electron chi connectivity index (χ2n) is 3.16. The van der Waals surface area contributed by atoms with E-state index in [0.717, 1.165) is 11.3 Å². The van der Waals surface area contributed by atoms with Crippen LogP contribution in [0.3, 0.4) is 0 Å². The van der Waals surface area contributed by atoms with Gasteiger partial charge in [0.05, 0.1) is 5.69 Å². The molecular weight excluding hydrogens is 213 g/mol. The summed E-state index contributed by atoms with van der Waals surface area (Å²) in [4.78, 5) is 4.11. The Labute approximate surface area is 92.5 Å². The molecule has 1 aromatic carbocycles. The van der Waals surface area contributed by atoms with Gasteiger partial charge in [0.2, 0.25) is 0 Å². The Morgan fingerprint density at radius 1 is 1.20 bits per heavy atom. The largest absolute Gasteiger partial charge is 0.240 e. The molecule has 0 aliphatic carbocycles. The van der Waals surface area contributed by atoms with Crippen LogP contribution in [0.4, 0.5) is 4.39 Å². The monoisotopic (exact) mass is 220 g/mol. The van der Waals surface area contributed by atoms with E-state index in [1.54, 1.807) is 24.3 Å². The Hall–Kier alpha value is -1.41. The molecule has 0 saturated carbocycles. The number of hydrogen-bond donors (Lipinski definition) is 0. The van der Waals surface area contributed by atoms with Crippen molar-refractivity contribution >= 4 is 11.6 Å². The SMILES string of the molecule is Fc1ccc(Cc2[c]ccc(Cl)n2)cc1. The topological polar surface area (TPSA) is 12.9 Å². The van der Waals surface area contributed by atoms with Crippen molar-refractivity contribution in [2.24, 2.45) is 0 Å². The average molecular weight is 221 g/mol. The molecule has 0 amide bonds. The van der Waals surface area contributed by atoms with Gasteiger partial charge in [-0.15, -0.1) is 0 Å². The van der Waals surface area contributed by atoms with Gasteiger partial charge < -0.3 is 0 Å². The summed E-state index contributed by atoms with van der Waals surface area (Å²) in [5, 5.41) is 0.450. The van der Waals surface area contributed by atoms with E-state index in [9.17, 15) is 4.39 Å². The fraction of sp³-hybridized carbons (Fsp3) is 0.0833. The molecule has 0 atom stereocenters. The minimum atomic E-state index is -0.234. The fourth-order valence-corrected chi connectivity index (χ4v) is 1.46. The molecule has 0 fully saturated rings. The van der Waals surface area contributed by atoms with Crippen molar-refractivity contribution in [3.8, 4) is 0 Å². The van der Waals surface area contributed by atoms with Crippen LogP contribution in [-0.4, -0.2) is 4.98 Å². The van der Waals surface area contributed by atoms with E-state index in [-0.39, 0.29) is 5.82 Å². The molecule has 1 aromatic heterocycles. The van der Waals surface area contributed by atoms with Gasteiger partial charge in [0.15, 0.2) is 0 Å². The fourth-order valence-electron chi connectivity index (χ4n) is 1.29. The maximum atomic E-state index is 12.6. The number of aromatic nitrogens is 1. The lowest BCUT2D eigenvalue weighted by Gasteiger charge is -2.00. The molecule has 0 N–H and O–H groups in total. The van der Waals surface area contributed by atoms with Gasteiger partial charge in [-0.05, 0) is 29.8 Å². The number of halogens is 2. The van der Waals surface area contributed by atoms with E-state index in [1.807, 2.05) is 0 Å². The Balaban J connectivity index is 2.18. The highest BCUT2D eigenvalue weighted by molar-refractivity contribution is 6.29. The predicted octanol–water partition coefficient (Wildman–Crippen LogP) is 3.27. The summed E-state index contributed by atoms with van der Waals surface area (Å²) in [5.74, 6) is -0.234. The van der Waals surface area contributed by atoms with Gasteiger partial charge in [-0.3, -0.25) is 0 Å². The van der Waals surface area contributed by atoms with Crippen molar-refractivity contribution in [1.82, 2.24) is 4.98 Å². The summed E-state index contributed by atoms with van der Waals surface area (Å²) in [6.07, 6.45) is 0.612. The smallest absolute Gasteiger partial charge is 0.129 e. The van der Waals surface area contributed by atoms with E-state index in [4.69, 9.17) is 11.6 Å². The van der Waals surface area contributed by atoms with Crippen molar-refractivity contribution in [2.45, 2.75) is 6.42 Å². The first-order valence-electron chi connectivity index (χ1n) is 4.51. The lowest BCUT2D eigenvalue weighted by atomic mass is 10.1. The number of benzene rings is 1. The molecule has 2 rings (SSSR count). The molecule has 0 bridgehead atoms. The molecule has 75 valence electrons. The van der Waals surface area contributed by atoms with E-state index >= 15 is 0 Å². The summed E-state index contributed by atoms with van der Waals surface area (Å²) in [6, 6.07) is 12.7. The summed E-state index contributed by atoms with van der Waals surface area (Å²) in [7, 11) is 0. The van der Waals surface area contributed by atoms with Gasteiger partial charge in [-0.2, -0.15) is 0 Å². The van der Waals surface area contributed by atoms with Crippen molar-refractivity contribution in [3.63, 3.8) is 0 Å². The van der Waals surface area contributed by atoms with Crippen LogP contribution in [0.5, 0.6) is 0 Å². The molecule has 2 aromatic rings. The van der Waals surface area contributed by atoms with Crippen LogP contribution in [0.2, 0.25) is 5.15 Å². The number of pyridine rings is 1. The minimum absolute atomic E-state index is 0.234. The molecule has 1 nitrogen and oxygen atoms in total. The van der Waals surface area contributed by atoms with Crippen molar-refractivity contribution in [3.05, 3.63) is 64.7 Å². The highest BCUT2D eigenvalue weighted by Gasteiger charge is 1.99.